The molecule has 1 aliphatic heterocycles. The zero-order valence-corrected chi connectivity index (χ0v) is 11.5. The molecule has 0 aromatic carbocycles. The van der Waals surface area contributed by atoms with Crippen LogP contribution in [-0.2, 0) is 4.74 Å². The molecule has 2 heterocycles. The largest absolute Gasteiger partial charge is 0.395 e. The Labute approximate surface area is 114 Å². The number of aryl methyl sites for hydroxylation is 1. The summed E-state index contributed by atoms with van der Waals surface area (Å²) in [6.45, 7) is 1.61. The van der Waals surface area contributed by atoms with E-state index in [9.17, 15) is 15.0 Å². The minimum atomic E-state index is -0.894. The molecular weight excluding hydrogens is 270 g/mol. The molecule has 1 saturated heterocycles. The predicted molar refractivity (Wildman–Crippen MR) is 72.0 cm³/mol. The van der Waals surface area contributed by atoms with Crippen LogP contribution in [0.1, 0.15) is 10.9 Å². The van der Waals surface area contributed by atoms with Gasteiger partial charge in [-0.2, -0.15) is 4.98 Å². The molecule has 1 fully saturated rings. The number of rotatable bonds is 3. The molecule has 1 aliphatic rings. The number of nitrogens with zero attached hydrogens (tertiary/aromatic N) is 2. The van der Waals surface area contributed by atoms with Gasteiger partial charge in [-0.05, 0) is 6.92 Å². The van der Waals surface area contributed by atoms with Crippen LogP contribution in [0.3, 0.4) is 0 Å². The minimum Gasteiger partial charge on any atom is -0.395 e. The molecule has 0 bridgehead atoms. The van der Waals surface area contributed by atoms with Gasteiger partial charge in [-0.25, -0.2) is 4.79 Å². The van der Waals surface area contributed by atoms with E-state index in [-0.39, 0.29) is 17.7 Å². The Kier molecular flexibility index (Phi) is 4.14. The first-order valence-electron chi connectivity index (χ1n) is 5.82. The monoisotopic (exact) mass is 287 g/mol. The van der Waals surface area contributed by atoms with E-state index in [2.05, 4.69) is 4.98 Å². The lowest BCUT2D eigenvalue weighted by molar-refractivity contribution is -0.0183. The summed E-state index contributed by atoms with van der Waals surface area (Å²) >= 11 is 1.29. The Morgan fingerprint density at radius 1 is 1.63 bits per heavy atom. The summed E-state index contributed by atoms with van der Waals surface area (Å²) in [5, 5.41) is 18.7. The van der Waals surface area contributed by atoms with Crippen molar-refractivity contribution >= 4 is 17.6 Å². The van der Waals surface area contributed by atoms with Gasteiger partial charge in [0, 0.05) is 18.9 Å². The van der Waals surface area contributed by atoms with Crippen LogP contribution >= 0.6 is 11.8 Å². The fraction of sp³-hybridized carbons (Fsp3) is 0.636. The van der Waals surface area contributed by atoms with Crippen molar-refractivity contribution in [3.05, 3.63) is 22.2 Å². The second-order valence-corrected chi connectivity index (χ2v) is 5.80. The third kappa shape index (κ3) is 2.48. The molecule has 1 aromatic heterocycles. The number of ether oxygens (including phenoxy) is 1. The second-order valence-electron chi connectivity index (χ2n) is 4.44. The summed E-state index contributed by atoms with van der Waals surface area (Å²) in [6.07, 6.45) is 0.150. The molecule has 19 heavy (non-hydrogen) atoms. The number of hydrogen-bond acceptors (Lipinski definition) is 7. The fourth-order valence-corrected chi connectivity index (χ4v) is 3.62. The summed E-state index contributed by atoms with van der Waals surface area (Å²) in [5.41, 5.74) is 5.71. The summed E-state index contributed by atoms with van der Waals surface area (Å²) in [4.78, 5) is 15.6. The lowest BCUT2D eigenvalue weighted by atomic mass is 10.1. The van der Waals surface area contributed by atoms with E-state index in [4.69, 9.17) is 10.5 Å². The number of nitrogens with two attached hydrogens (primary N) is 1. The smallest absolute Gasteiger partial charge is 0.350 e. The average molecular weight is 287 g/mol. The zero-order valence-electron chi connectivity index (χ0n) is 10.7. The summed E-state index contributed by atoms with van der Waals surface area (Å²) in [6, 6.07) is 0. The fourth-order valence-electron chi connectivity index (χ4n) is 2.15. The van der Waals surface area contributed by atoms with E-state index in [1.807, 2.05) is 0 Å². The van der Waals surface area contributed by atoms with Gasteiger partial charge in [0.1, 0.15) is 17.3 Å². The van der Waals surface area contributed by atoms with Crippen LogP contribution in [0.25, 0.3) is 0 Å². The first kappa shape index (κ1) is 14.3. The maximum absolute atomic E-state index is 11.9. The second kappa shape index (κ2) is 5.49. The molecule has 4 atom stereocenters. The molecule has 2 rings (SSSR count). The molecule has 0 aliphatic carbocycles. The molecule has 106 valence electrons. The van der Waals surface area contributed by atoms with Gasteiger partial charge in [-0.1, -0.05) is 0 Å². The Bertz CT molecular complexity index is 521. The summed E-state index contributed by atoms with van der Waals surface area (Å²) < 4.78 is 6.52. The maximum atomic E-state index is 11.9. The van der Waals surface area contributed by atoms with E-state index >= 15 is 0 Å². The SMILES string of the molecule is COC1C(O)[C@H](n2cc(C)c(N)nc2=O)S[C@@H]1CO. The first-order valence-corrected chi connectivity index (χ1v) is 6.76. The molecule has 4 N–H and O–H groups in total. The number of aliphatic hydroxyl groups is 2. The molecule has 0 amide bonds. The van der Waals surface area contributed by atoms with Crippen molar-refractivity contribution in [1.82, 2.24) is 9.55 Å². The lowest BCUT2D eigenvalue weighted by Crippen LogP contribution is -2.37. The maximum Gasteiger partial charge on any atom is 0.350 e. The van der Waals surface area contributed by atoms with Crippen molar-refractivity contribution in [2.45, 2.75) is 29.8 Å². The predicted octanol–water partition coefficient (Wildman–Crippen LogP) is -0.884. The standard InChI is InChI=1S/C11H17N3O4S/c1-5-3-14(11(17)13-9(5)12)10-7(16)8(18-2)6(4-15)19-10/h3,6-8,10,15-16H,4H2,1-2H3,(H2,12,13,17)/t6-,7?,8?,10-/m1/s1. The highest BCUT2D eigenvalue weighted by Crippen LogP contribution is 2.42. The van der Waals surface area contributed by atoms with Gasteiger partial charge in [0.15, 0.2) is 0 Å². The number of aliphatic hydroxyl groups excluding tert-OH is 2. The van der Waals surface area contributed by atoms with Crippen molar-refractivity contribution in [2.75, 3.05) is 19.5 Å². The van der Waals surface area contributed by atoms with Gasteiger partial charge in [-0.15, -0.1) is 11.8 Å². The Hall–Kier alpha value is -1.09. The van der Waals surface area contributed by atoms with Gasteiger partial charge in [0.25, 0.3) is 0 Å². The normalized spacial score (nSPS) is 30.7. The highest BCUT2D eigenvalue weighted by molar-refractivity contribution is 8.00. The Balaban J connectivity index is 2.38. The van der Waals surface area contributed by atoms with Gasteiger partial charge < -0.3 is 20.7 Å². The molecule has 0 radical (unpaired) electrons. The molecule has 0 saturated carbocycles. The van der Waals surface area contributed by atoms with E-state index < -0.39 is 23.3 Å². The topological polar surface area (TPSA) is 111 Å². The van der Waals surface area contributed by atoms with Crippen LogP contribution in [-0.4, -0.2) is 50.9 Å². The van der Waals surface area contributed by atoms with Crippen molar-refractivity contribution < 1.29 is 14.9 Å². The lowest BCUT2D eigenvalue weighted by Gasteiger charge is -2.20. The number of hydrogen-bond donors (Lipinski definition) is 3. The van der Waals surface area contributed by atoms with Crippen LogP contribution in [0, 0.1) is 6.92 Å². The van der Waals surface area contributed by atoms with Crippen molar-refractivity contribution in [2.24, 2.45) is 0 Å². The number of thioether (sulfide) groups is 1. The van der Waals surface area contributed by atoms with E-state index in [1.54, 1.807) is 13.1 Å². The van der Waals surface area contributed by atoms with Crippen molar-refractivity contribution in [3.8, 4) is 0 Å². The van der Waals surface area contributed by atoms with Crippen LogP contribution in [0.4, 0.5) is 5.82 Å². The average Bonchev–Trinajstić information content (AvgIpc) is 2.70. The number of nitrogen functional groups attached to an aromatic ring is 1. The van der Waals surface area contributed by atoms with Crippen LogP contribution in [0.2, 0.25) is 0 Å². The molecule has 2 unspecified atom stereocenters. The van der Waals surface area contributed by atoms with E-state index in [0.717, 1.165) is 0 Å². The van der Waals surface area contributed by atoms with Gasteiger partial charge in [0.05, 0.1) is 18.0 Å². The Morgan fingerprint density at radius 2 is 2.32 bits per heavy atom. The van der Waals surface area contributed by atoms with Crippen LogP contribution < -0.4 is 11.4 Å². The number of methoxy groups -OCH3 is 1. The highest BCUT2D eigenvalue weighted by Gasteiger charge is 2.44. The van der Waals surface area contributed by atoms with Gasteiger partial charge in [-0.3, -0.25) is 4.57 Å². The van der Waals surface area contributed by atoms with Crippen LogP contribution in [0.15, 0.2) is 11.0 Å². The van der Waals surface area contributed by atoms with Crippen molar-refractivity contribution in [3.63, 3.8) is 0 Å². The Morgan fingerprint density at radius 3 is 2.84 bits per heavy atom. The molecule has 0 spiro atoms. The van der Waals surface area contributed by atoms with Gasteiger partial charge >= 0.3 is 5.69 Å². The van der Waals surface area contributed by atoms with Crippen LogP contribution in [0.5, 0.6) is 0 Å². The summed E-state index contributed by atoms with van der Waals surface area (Å²) in [7, 11) is 1.47. The zero-order chi connectivity index (χ0) is 14.2. The van der Waals surface area contributed by atoms with E-state index in [1.165, 1.54) is 23.4 Å². The summed E-state index contributed by atoms with van der Waals surface area (Å²) in [5.74, 6) is 0.181. The molecule has 7 nitrogen and oxygen atoms in total. The molecular formula is C11H17N3O4S. The quantitative estimate of drug-likeness (QED) is 0.661. The van der Waals surface area contributed by atoms with Gasteiger partial charge in [0.2, 0.25) is 0 Å². The third-order valence-electron chi connectivity index (χ3n) is 3.21. The molecule has 1 aromatic rings. The number of aromatic nitrogens is 2. The van der Waals surface area contributed by atoms with E-state index in [0.29, 0.717) is 5.56 Å². The highest BCUT2D eigenvalue weighted by atomic mass is 32.2. The number of anilines is 1. The first-order chi connectivity index (χ1) is 8.99. The van der Waals surface area contributed by atoms with Crippen molar-refractivity contribution in [1.29, 1.82) is 0 Å². The third-order valence-corrected chi connectivity index (χ3v) is 4.76. The minimum absolute atomic E-state index is 0.132. The molecule has 8 heteroatoms.